The number of hydrogen-bond acceptors (Lipinski definition) is 8. The number of anilines is 4. The maximum Gasteiger partial charge on any atom is 0.275 e. The molecular formula is C28H32N8O. The van der Waals surface area contributed by atoms with Gasteiger partial charge in [-0.15, -0.1) is 10.2 Å². The molecule has 190 valence electrons. The molecule has 2 aromatic heterocycles. The molecule has 0 saturated carbocycles. The third-order valence-electron chi connectivity index (χ3n) is 6.88. The van der Waals surface area contributed by atoms with Gasteiger partial charge in [-0.2, -0.15) is 0 Å². The van der Waals surface area contributed by atoms with Crippen LogP contribution in [0.2, 0.25) is 0 Å². The Hall–Kier alpha value is -4.27. The number of nitrogens with one attached hydrogen (secondary N) is 2. The zero-order valence-corrected chi connectivity index (χ0v) is 21.5. The highest BCUT2D eigenvalue weighted by Gasteiger charge is 2.28. The minimum atomic E-state index is -0.277. The van der Waals surface area contributed by atoms with E-state index < -0.39 is 0 Å². The van der Waals surface area contributed by atoms with Crippen LogP contribution in [0.5, 0.6) is 0 Å². The van der Waals surface area contributed by atoms with E-state index in [2.05, 4.69) is 79.6 Å². The van der Waals surface area contributed by atoms with Crippen molar-refractivity contribution < 1.29 is 4.79 Å². The van der Waals surface area contributed by atoms with Crippen molar-refractivity contribution in [2.24, 2.45) is 0 Å². The highest BCUT2D eigenvalue weighted by Crippen LogP contribution is 2.28. The maximum absolute atomic E-state index is 12.5. The smallest absolute Gasteiger partial charge is 0.275 e. The lowest BCUT2D eigenvalue weighted by atomic mass is 10.1. The van der Waals surface area contributed by atoms with Gasteiger partial charge in [-0.1, -0.05) is 30.4 Å². The molecule has 1 amide bonds. The second-order valence-electron chi connectivity index (χ2n) is 9.45. The number of rotatable bonds is 6. The van der Waals surface area contributed by atoms with Crippen LogP contribution in [-0.2, 0) is 0 Å². The van der Waals surface area contributed by atoms with E-state index in [9.17, 15) is 4.79 Å². The van der Waals surface area contributed by atoms with Crippen LogP contribution in [-0.4, -0.2) is 51.7 Å². The molecule has 2 aliphatic rings. The van der Waals surface area contributed by atoms with E-state index >= 15 is 0 Å². The van der Waals surface area contributed by atoms with E-state index in [4.69, 9.17) is 0 Å². The topological polar surface area (TPSA) is 99.2 Å². The van der Waals surface area contributed by atoms with Gasteiger partial charge in [-0.25, -0.2) is 9.97 Å². The quantitative estimate of drug-likeness (QED) is 0.515. The van der Waals surface area contributed by atoms with Crippen LogP contribution in [0, 0.1) is 13.8 Å². The standard InChI is InChI=1S/C28H32N8O/c1-19-18-35(27-21(3)20(2)26(33-34-27)31-22-10-6-4-7-11-22)14-15-36(19)25-17-29-24(16-30-25)28(37)32-23-12-8-5-9-13-23/h5-6,8-13,16-17,19H,4,7,14-15,18H2,1-3H3,(H,31,33)(H,32,37)/t19-/m1/s1. The molecule has 0 bridgehead atoms. The first kappa shape index (κ1) is 24.4. The summed E-state index contributed by atoms with van der Waals surface area (Å²) in [7, 11) is 0. The number of piperazine rings is 1. The summed E-state index contributed by atoms with van der Waals surface area (Å²) in [6.07, 6.45) is 11.8. The van der Waals surface area contributed by atoms with Gasteiger partial charge in [0.1, 0.15) is 11.5 Å². The van der Waals surface area contributed by atoms with Gasteiger partial charge in [-0.3, -0.25) is 4.79 Å². The summed E-state index contributed by atoms with van der Waals surface area (Å²) >= 11 is 0. The van der Waals surface area contributed by atoms with Gasteiger partial charge in [0.2, 0.25) is 0 Å². The number of amides is 1. The predicted octanol–water partition coefficient (Wildman–Crippen LogP) is 4.50. The fourth-order valence-electron chi connectivity index (χ4n) is 4.65. The van der Waals surface area contributed by atoms with E-state index in [1.807, 2.05) is 30.3 Å². The van der Waals surface area contributed by atoms with Gasteiger partial charge in [0, 0.05) is 48.2 Å². The van der Waals surface area contributed by atoms with Crippen LogP contribution < -0.4 is 20.4 Å². The Morgan fingerprint density at radius 2 is 1.84 bits per heavy atom. The fourth-order valence-corrected chi connectivity index (χ4v) is 4.65. The number of carbonyl (C=O) groups is 1. The lowest BCUT2D eigenvalue weighted by Gasteiger charge is -2.41. The summed E-state index contributed by atoms with van der Waals surface area (Å²) in [6, 6.07) is 9.51. The SMILES string of the molecule is Cc1c(NC2=CCCC=C2)nnc(N2CCN(c3cnc(C(=O)Nc4ccccc4)cn3)[C@H](C)C2)c1C. The van der Waals surface area contributed by atoms with E-state index in [1.165, 1.54) is 6.20 Å². The Bertz CT molecular complexity index is 1320. The Balaban J connectivity index is 1.23. The van der Waals surface area contributed by atoms with Gasteiger partial charge >= 0.3 is 0 Å². The Morgan fingerprint density at radius 1 is 1.00 bits per heavy atom. The number of para-hydroxylation sites is 1. The highest BCUT2D eigenvalue weighted by molar-refractivity contribution is 6.02. The summed E-state index contributed by atoms with van der Waals surface area (Å²) in [5, 5.41) is 15.4. The van der Waals surface area contributed by atoms with Crippen LogP contribution in [0.3, 0.4) is 0 Å². The third-order valence-corrected chi connectivity index (χ3v) is 6.88. The normalized spacial score (nSPS) is 17.4. The molecule has 1 fully saturated rings. The number of nitrogens with zero attached hydrogens (tertiary/aromatic N) is 6. The largest absolute Gasteiger partial charge is 0.351 e. The molecule has 0 radical (unpaired) electrons. The van der Waals surface area contributed by atoms with Gasteiger partial charge < -0.3 is 20.4 Å². The highest BCUT2D eigenvalue weighted by atomic mass is 16.1. The Morgan fingerprint density at radius 3 is 2.54 bits per heavy atom. The molecule has 37 heavy (non-hydrogen) atoms. The number of benzene rings is 1. The molecule has 9 heteroatoms. The monoisotopic (exact) mass is 496 g/mol. The van der Waals surface area contributed by atoms with Gasteiger partial charge in [0.15, 0.2) is 11.6 Å². The first-order valence-corrected chi connectivity index (χ1v) is 12.7. The van der Waals surface area contributed by atoms with Crippen LogP contribution in [0.25, 0.3) is 0 Å². The molecule has 1 aliphatic heterocycles. The van der Waals surface area contributed by atoms with Crippen LogP contribution in [0.15, 0.2) is 66.7 Å². The summed E-state index contributed by atoms with van der Waals surface area (Å²) < 4.78 is 0. The van der Waals surface area contributed by atoms with Crippen LogP contribution in [0.1, 0.15) is 41.4 Å². The molecule has 0 unspecified atom stereocenters. The Kier molecular flexibility index (Phi) is 7.11. The number of carbonyl (C=O) groups excluding carboxylic acids is 1. The van der Waals surface area contributed by atoms with Crippen molar-refractivity contribution in [3.63, 3.8) is 0 Å². The van der Waals surface area contributed by atoms with E-state index in [1.54, 1.807) is 6.20 Å². The lowest BCUT2D eigenvalue weighted by molar-refractivity contribution is 0.102. The number of hydrogen-bond donors (Lipinski definition) is 2. The zero-order chi connectivity index (χ0) is 25.8. The van der Waals surface area contributed by atoms with Crippen LogP contribution >= 0.6 is 0 Å². The van der Waals surface area contributed by atoms with Crippen molar-refractivity contribution in [2.45, 2.75) is 39.7 Å². The molecule has 0 spiro atoms. The summed E-state index contributed by atoms with van der Waals surface area (Å²) in [5.41, 5.74) is 4.32. The molecular weight excluding hydrogens is 464 g/mol. The van der Waals surface area contributed by atoms with Crippen molar-refractivity contribution in [3.8, 4) is 0 Å². The van der Waals surface area contributed by atoms with Crippen molar-refractivity contribution >= 4 is 29.0 Å². The molecule has 3 heterocycles. The molecule has 3 aromatic rings. The molecule has 1 atom stereocenters. The molecule has 5 rings (SSSR count). The van der Waals surface area contributed by atoms with Crippen LogP contribution in [0.4, 0.5) is 23.1 Å². The maximum atomic E-state index is 12.5. The minimum absolute atomic E-state index is 0.184. The molecule has 9 nitrogen and oxygen atoms in total. The average molecular weight is 497 g/mol. The first-order valence-electron chi connectivity index (χ1n) is 12.7. The van der Waals surface area contributed by atoms with Crippen molar-refractivity contribution in [3.05, 3.63) is 83.5 Å². The second kappa shape index (κ2) is 10.8. The van der Waals surface area contributed by atoms with Gasteiger partial charge in [0.25, 0.3) is 5.91 Å². The molecule has 2 N–H and O–H groups in total. The van der Waals surface area contributed by atoms with E-state index in [-0.39, 0.29) is 17.6 Å². The lowest BCUT2D eigenvalue weighted by Crippen LogP contribution is -2.53. The second-order valence-corrected chi connectivity index (χ2v) is 9.45. The molecule has 1 aliphatic carbocycles. The van der Waals surface area contributed by atoms with Gasteiger partial charge in [-0.05, 0) is 51.8 Å². The molecule has 1 aromatic carbocycles. The van der Waals surface area contributed by atoms with Crippen molar-refractivity contribution in [1.29, 1.82) is 0 Å². The first-order chi connectivity index (χ1) is 18.0. The number of allylic oxidation sites excluding steroid dienone is 3. The average Bonchev–Trinajstić information content (AvgIpc) is 2.93. The van der Waals surface area contributed by atoms with Crippen molar-refractivity contribution in [1.82, 2.24) is 20.2 Å². The summed E-state index contributed by atoms with van der Waals surface area (Å²) in [5.74, 6) is 2.20. The Labute approximate surface area is 217 Å². The third kappa shape index (κ3) is 5.45. The van der Waals surface area contributed by atoms with Gasteiger partial charge in [0.05, 0.1) is 12.4 Å². The van der Waals surface area contributed by atoms with Crippen molar-refractivity contribution in [2.75, 3.05) is 40.1 Å². The van der Waals surface area contributed by atoms with E-state index in [0.717, 1.165) is 72.4 Å². The fraction of sp³-hybridized carbons (Fsp3) is 0.321. The molecule has 1 saturated heterocycles. The minimum Gasteiger partial charge on any atom is -0.351 e. The summed E-state index contributed by atoms with van der Waals surface area (Å²) in [6.45, 7) is 8.71. The predicted molar refractivity (Wildman–Crippen MR) is 147 cm³/mol. The van der Waals surface area contributed by atoms with E-state index in [0.29, 0.717) is 0 Å². The number of aromatic nitrogens is 4. The summed E-state index contributed by atoms with van der Waals surface area (Å²) in [4.78, 5) is 25.9. The zero-order valence-electron chi connectivity index (χ0n) is 21.5.